The van der Waals surface area contributed by atoms with Crippen LogP contribution in [-0.4, -0.2) is 26.1 Å². The second-order valence-electron chi connectivity index (χ2n) is 6.43. The van der Waals surface area contributed by atoms with Gasteiger partial charge in [0.2, 0.25) is 5.91 Å². The first-order valence-corrected chi connectivity index (χ1v) is 10.1. The van der Waals surface area contributed by atoms with Crippen molar-refractivity contribution >= 4 is 15.7 Å². The van der Waals surface area contributed by atoms with Crippen LogP contribution in [-0.2, 0) is 14.6 Å². The Morgan fingerprint density at radius 3 is 2.42 bits per heavy atom. The highest BCUT2D eigenvalue weighted by Crippen LogP contribution is 2.36. The largest absolute Gasteiger partial charge is 0.351 e. The van der Waals surface area contributed by atoms with Gasteiger partial charge in [-0.05, 0) is 31.4 Å². The summed E-state index contributed by atoms with van der Waals surface area (Å²) in [5, 5.41) is 12.3. The third-order valence-electron chi connectivity index (χ3n) is 4.71. The fraction of sp³-hybridized carbons (Fsp3) is 0.556. The molecule has 1 aliphatic rings. The minimum absolute atomic E-state index is 0.152. The summed E-state index contributed by atoms with van der Waals surface area (Å²) in [5.74, 6) is -0.472. The van der Waals surface area contributed by atoms with E-state index in [1.54, 1.807) is 30.3 Å². The van der Waals surface area contributed by atoms with Crippen LogP contribution in [0, 0.1) is 16.7 Å². The molecule has 1 aromatic carbocycles. The van der Waals surface area contributed by atoms with E-state index >= 15 is 0 Å². The van der Waals surface area contributed by atoms with Crippen molar-refractivity contribution in [3.8, 4) is 6.07 Å². The summed E-state index contributed by atoms with van der Waals surface area (Å²) < 4.78 is 25.0. The highest BCUT2D eigenvalue weighted by Gasteiger charge is 2.40. The smallest absolute Gasteiger partial charge is 0.240 e. The monoisotopic (exact) mass is 348 g/mol. The number of rotatable bonds is 6. The molecule has 0 spiro atoms. The molecule has 0 bridgehead atoms. The van der Waals surface area contributed by atoms with E-state index in [-0.39, 0.29) is 16.6 Å². The lowest BCUT2D eigenvalue weighted by Gasteiger charge is -2.31. The van der Waals surface area contributed by atoms with Crippen molar-refractivity contribution in [2.75, 3.05) is 5.75 Å². The summed E-state index contributed by atoms with van der Waals surface area (Å²) in [6.45, 7) is 1.84. The van der Waals surface area contributed by atoms with Crippen LogP contribution in [0.5, 0.6) is 0 Å². The Morgan fingerprint density at radius 1 is 1.25 bits per heavy atom. The number of hydrogen-bond acceptors (Lipinski definition) is 4. The molecule has 1 fully saturated rings. The number of carbonyl (C=O) groups excluding carboxylic acids is 1. The Hall–Kier alpha value is -1.87. The molecule has 0 saturated heterocycles. The molecule has 1 amide bonds. The van der Waals surface area contributed by atoms with Gasteiger partial charge >= 0.3 is 0 Å². The minimum atomic E-state index is -3.47. The van der Waals surface area contributed by atoms with Gasteiger partial charge in [-0.3, -0.25) is 4.79 Å². The first-order valence-electron chi connectivity index (χ1n) is 8.43. The molecule has 1 aromatic rings. The molecule has 1 N–H and O–H groups in total. The van der Waals surface area contributed by atoms with Crippen LogP contribution in [0.4, 0.5) is 0 Å². The zero-order valence-corrected chi connectivity index (χ0v) is 14.8. The molecule has 1 unspecified atom stereocenters. The average Bonchev–Trinajstić information content (AvgIpc) is 2.62. The van der Waals surface area contributed by atoms with Crippen LogP contribution >= 0.6 is 0 Å². The van der Waals surface area contributed by atoms with Crippen molar-refractivity contribution in [2.45, 2.75) is 56.4 Å². The van der Waals surface area contributed by atoms with Crippen molar-refractivity contribution in [1.29, 1.82) is 5.26 Å². The maximum Gasteiger partial charge on any atom is 0.240 e. The molecule has 2 rings (SSSR count). The summed E-state index contributed by atoms with van der Waals surface area (Å²) in [6, 6.07) is 9.92. The number of sulfone groups is 1. The van der Waals surface area contributed by atoms with E-state index in [1.165, 1.54) is 0 Å². The molecule has 1 atom stereocenters. The zero-order valence-electron chi connectivity index (χ0n) is 14.0. The predicted molar refractivity (Wildman–Crippen MR) is 91.8 cm³/mol. The Bertz CT molecular complexity index is 702. The first kappa shape index (κ1) is 18.5. The van der Waals surface area contributed by atoms with Crippen molar-refractivity contribution in [1.82, 2.24) is 5.32 Å². The summed E-state index contributed by atoms with van der Waals surface area (Å²) in [4.78, 5) is 12.9. The lowest BCUT2D eigenvalue weighted by molar-refractivity contribution is -0.130. The highest BCUT2D eigenvalue weighted by molar-refractivity contribution is 7.91. The van der Waals surface area contributed by atoms with Gasteiger partial charge in [0.05, 0.1) is 16.7 Å². The van der Waals surface area contributed by atoms with Gasteiger partial charge in [-0.1, -0.05) is 44.4 Å². The number of nitrogens with one attached hydrogen (secondary N) is 1. The minimum Gasteiger partial charge on any atom is -0.351 e. The summed E-state index contributed by atoms with van der Waals surface area (Å²) in [6.07, 6.45) is 4.37. The van der Waals surface area contributed by atoms with Gasteiger partial charge in [-0.25, -0.2) is 8.42 Å². The van der Waals surface area contributed by atoms with E-state index in [0.29, 0.717) is 19.3 Å². The van der Waals surface area contributed by atoms with Crippen LogP contribution in [0.15, 0.2) is 35.2 Å². The summed E-state index contributed by atoms with van der Waals surface area (Å²) in [7, 11) is -3.47. The van der Waals surface area contributed by atoms with Crippen LogP contribution in [0.1, 0.15) is 45.4 Å². The van der Waals surface area contributed by atoms with Gasteiger partial charge in [0, 0.05) is 6.04 Å². The molecular formula is C18H24N2O3S. The highest BCUT2D eigenvalue weighted by atomic mass is 32.2. The van der Waals surface area contributed by atoms with E-state index in [9.17, 15) is 18.5 Å². The average molecular weight is 348 g/mol. The van der Waals surface area contributed by atoms with E-state index in [0.717, 1.165) is 19.3 Å². The third kappa shape index (κ3) is 4.15. The molecule has 6 heteroatoms. The van der Waals surface area contributed by atoms with E-state index in [4.69, 9.17) is 0 Å². The van der Waals surface area contributed by atoms with Crippen molar-refractivity contribution < 1.29 is 13.2 Å². The Balaban J connectivity index is 2.09. The molecular weight excluding hydrogens is 324 g/mol. The molecule has 0 radical (unpaired) electrons. The Kier molecular flexibility index (Phi) is 6.00. The van der Waals surface area contributed by atoms with Gasteiger partial charge in [-0.15, -0.1) is 0 Å². The summed E-state index contributed by atoms with van der Waals surface area (Å²) >= 11 is 0. The maximum atomic E-state index is 12.6. The SMILES string of the molecule is CCC(CS(=O)(=O)c1ccccc1)NC(=O)C1(C#N)CCCCC1. The number of nitriles is 1. The predicted octanol–water partition coefficient (Wildman–Crippen LogP) is 2.83. The summed E-state index contributed by atoms with van der Waals surface area (Å²) in [5.41, 5.74) is -0.998. The fourth-order valence-electron chi connectivity index (χ4n) is 3.12. The van der Waals surface area contributed by atoms with Crippen LogP contribution in [0.25, 0.3) is 0 Å². The van der Waals surface area contributed by atoms with Crippen LogP contribution < -0.4 is 5.32 Å². The van der Waals surface area contributed by atoms with E-state index in [1.807, 2.05) is 6.92 Å². The van der Waals surface area contributed by atoms with Gasteiger partial charge < -0.3 is 5.32 Å². The van der Waals surface area contributed by atoms with Gasteiger partial charge in [0.15, 0.2) is 9.84 Å². The molecule has 24 heavy (non-hydrogen) atoms. The zero-order chi connectivity index (χ0) is 17.6. The van der Waals surface area contributed by atoms with E-state index in [2.05, 4.69) is 11.4 Å². The van der Waals surface area contributed by atoms with E-state index < -0.39 is 21.3 Å². The Morgan fingerprint density at radius 2 is 1.88 bits per heavy atom. The number of carbonyl (C=O) groups is 1. The van der Waals surface area contributed by atoms with Crippen molar-refractivity contribution in [3.63, 3.8) is 0 Å². The molecule has 0 aromatic heterocycles. The van der Waals surface area contributed by atoms with Crippen molar-refractivity contribution in [2.24, 2.45) is 5.41 Å². The molecule has 0 aliphatic heterocycles. The number of benzene rings is 1. The van der Waals surface area contributed by atoms with Gasteiger partial charge in [-0.2, -0.15) is 5.26 Å². The molecule has 0 heterocycles. The van der Waals surface area contributed by atoms with Gasteiger partial charge in [0.25, 0.3) is 0 Å². The number of nitrogens with zero attached hydrogens (tertiary/aromatic N) is 1. The topological polar surface area (TPSA) is 87.0 Å². The third-order valence-corrected chi connectivity index (χ3v) is 6.54. The normalized spacial score (nSPS) is 18.3. The van der Waals surface area contributed by atoms with Crippen LogP contribution in [0.3, 0.4) is 0 Å². The van der Waals surface area contributed by atoms with Gasteiger partial charge in [0.1, 0.15) is 5.41 Å². The molecule has 130 valence electrons. The number of hydrogen-bond donors (Lipinski definition) is 1. The molecule has 1 aliphatic carbocycles. The molecule has 5 nitrogen and oxygen atoms in total. The Labute approximate surface area is 144 Å². The lowest BCUT2D eigenvalue weighted by Crippen LogP contribution is -2.48. The second-order valence-corrected chi connectivity index (χ2v) is 8.46. The van der Waals surface area contributed by atoms with Crippen LogP contribution in [0.2, 0.25) is 0 Å². The quantitative estimate of drug-likeness (QED) is 0.856. The lowest BCUT2D eigenvalue weighted by atomic mass is 9.74. The van der Waals surface area contributed by atoms with Crippen molar-refractivity contribution in [3.05, 3.63) is 30.3 Å². The standard InChI is InChI=1S/C18H24N2O3S/c1-2-15(13-24(22,23)16-9-5-3-6-10-16)20-17(21)18(14-19)11-7-4-8-12-18/h3,5-6,9-10,15H,2,4,7-8,11-13H2,1H3,(H,20,21). The first-order chi connectivity index (χ1) is 11.4. The maximum absolute atomic E-state index is 12.6. The molecule has 1 saturated carbocycles. The second kappa shape index (κ2) is 7.80. The fourth-order valence-corrected chi connectivity index (χ4v) is 4.73. The number of amides is 1.